The Balaban J connectivity index is 0.00000312. The second-order valence-corrected chi connectivity index (χ2v) is 7.68. The van der Waals surface area contributed by atoms with Crippen LogP contribution in [0.25, 0.3) is 0 Å². The summed E-state index contributed by atoms with van der Waals surface area (Å²) in [7, 11) is 3.66. The third-order valence-corrected chi connectivity index (χ3v) is 5.96. The number of ether oxygens (including phenoxy) is 1. The Morgan fingerprint density at radius 3 is 2.64 bits per heavy atom. The zero-order chi connectivity index (χ0) is 17.3. The minimum atomic E-state index is 0. The molecular formula is C19H39IN4O. The molecule has 148 valence electrons. The van der Waals surface area contributed by atoms with Gasteiger partial charge in [0.25, 0.3) is 0 Å². The molecule has 0 radical (unpaired) electrons. The lowest BCUT2D eigenvalue weighted by molar-refractivity contribution is 0.0732. The molecule has 25 heavy (non-hydrogen) atoms. The van der Waals surface area contributed by atoms with Crippen molar-refractivity contribution in [2.24, 2.45) is 10.4 Å². The Morgan fingerprint density at radius 2 is 2.04 bits per heavy atom. The zero-order valence-electron chi connectivity index (χ0n) is 16.5. The number of piperidine rings is 1. The molecule has 1 aliphatic carbocycles. The van der Waals surface area contributed by atoms with E-state index < -0.39 is 0 Å². The number of likely N-dealkylation sites (tertiary alicyclic amines) is 1. The molecule has 2 aliphatic rings. The number of guanidine groups is 1. The van der Waals surface area contributed by atoms with Crippen molar-refractivity contribution in [2.45, 2.75) is 64.3 Å². The molecule has 1 atom stereocenters. The van der Waals surface area contributed by atoms with Crippen LogP contribution in [0.3, 0.4) is 0 Å². The molecule has 1 unspecified atom stereocenters. The number of nitrogens with one attached hydrogen (secondary N) is 2. The van der Waals surface area contributed by atoms with E-state index in [4.69, 9.17) is 4.74 Å². The van der Waals surface area contributed by atoms with Gasteiger partial charge in [-0.3, -0.25) is 4.99 Å². The molecule has 2 fully saturated rings. The van der Waals surface area contributed by atoms with E-state index >= 15 is 0 Å². The van der Waals surface area contributed by atoms with Gasteiger partial charge in [0.1, 0.15) is 0 Å². The largest absolute Gasteiger partial charge is 0.385 e. The number of halogens is 1. The maximum absolute atomic E-state index is 5.27. The zero-order valence-corrected chi connectivity index (χ0v) is 18.8. The average molecular weight is 466 g/mol. The van der Waals surface area contributed by atoms with Crippen molar-refractivity contribution >= 4 is 29.9 Å². The van der Waals surface area contributed by atoms with Crippen LogP contribution in [-0.2, 0) is 4.74 Å². The molecule has 0 aromatic carbocycles. The highest BCUT2D eigenvalue weighted by Gasteiger charge is 2.36. The van der Waals surface area contributed by atoms with Crippen LogP contribution in [-0.4, -0.2) is 63.8 Å². The first-order chi connectivity index (χ1) is 11.7. The van der Waals surface area contributed by atoms with Crippen LogP contribution in [0.15, 0.2) is 4.99 Å². The Bertz CT molecular complexity index is 388. The highest BCUT2D eigenvalue weighted by molar-refractivity contribution is 14.0. The normalized spacial score (nSPS) is 23.5. The number of hydrogen-bond donors (Lipinski definition) is 2. The van der Waals surface area contributed by atoms with E-state index in [0.29, 0.717) is 5.41 Å². The molecule has 0 amide bonds. The SMILES string of the molecule is CN=C(NCCCN1CCCCC1C)NCC1(CCOC)CCC1.I. The molecule has 5 nitrogen and oxygen atoms in total. The number of hydrogen-bond acceptors (Lipinski definition) is 3. The Hall–Kier alpha value is -0.0800. The lowest BCUT2D eigenvalue weighted by Crippen LogP contribution is -2.47. The van der Waals surface area contributed by atoms with Gasteiger partial charge in [-0.1, -0.05) is 12.8 Å². The van der Waals surface area contributed by atoms with Crippen LogP contribution >= 0.6 is 24.0 Å². The lowest BCUT2D eigenvalue weighted by Gasteiger charge is -2.42. The molecule has 2 rings (SSSR count). The van der Waals surface area contributed by atoms with Gasteiger partial charge in [0.05, 0.1) is 0 Å². The third-order valence-electron chi connectivity index (χ3n) is 5.96. The van der Waals surface area contributed by atoms with Crippen molar-refractivity contribution in [2.75, 3.05) is 46.9 Å². The first-order valence-corrected chi connectivity index (χ1v) is 9.87. The van der Waals surface area contributed by atoms with Crippen LogP contribution < -0.4 is 10.6 Å². The lowest BCUT2D eigenvalue weighted by atomic mass is 9.67. The van der Waals surface area contributed by atoms with Crippen LogP contribution in [0.1, 0.15) is 58.3 Å². The third kappa shape index (κ3) is 7.59. The van der Waals surface area contributed by atoms with Gasteiger partial charge in [0.2, 0.25) is 0 Å². The van der Waals surface area contributed by atoms with Gasteiger partial charge in [-0.2, -0.15) is 0 Å². The molecule has 0 aromatic heterocycles. The maximum Gasteiger partial charge on any atom is 0.190 e. The first-order valence-electron chi connectivity index (χ1n) is 9.87. The molecule has 0 spiro atoms. The fourth-order valence-corrected chi connectivity index (χ4v) is 3.98. The van der Waals surface area contributed by atoms with E-state index in [1.807, 2.05) is 7.05 Å². The molecule has 0 bridgehead atoms. The first kappa shape index (κ1) is 23.0. The molecule has 1 heterocycles. The highest BCUT2D eigenvalue weighted by Crippen LogP contribution is 2.43. The molecule has 1 saturated heterocycles. The van der Waals surface area contributed by atoms with Crippen molar-refractivity contribution in [3.63, 3.8) is 0 Å². The molecule has 1 aliphatic heterocycles. The monoisotopic (exact) mass is 466 g/mol. The van der Waals surface area contributed by atoms with Gasteiger partial charge in [-0.25, -0.2) is 0 Å². The summed E-state index contributed by atoms with van der Waals surface area (Å²) in [5, 5.41) is 7.02. The van der Waals surface area contributed by atoms with Gasteiger partial charge < -0.3 is 20.3 Å². The summed E-state index contributed by atoms with van der Waals surface area (Å²) in [4.78, 5) is 7.01. The molecular weight excluding hydrogens is 427 g/mol. The Kier molecular flexibility index (Phi) is 11.3. The minimum absolute atomic E-state index is 0. The van der Waals surface area contributed by atoms with Gasteiger partial charge in [0, 0.05) is 46.4 Å². The van der Waals surface area contributed by atoms with E-state index in [9.17, 15) is 0 Å². The van der Waals surface area contributed by atoms with Crippen LogP contribution in [0, 0.1) is 5.41 Å². The fourth-order valence-electron chi connectivity index (χ4n) is 3.98. The summed E-state index contributed by atoms with van der Waals surface area (Å²) in [6, 6.07) is 0.760. The maximum atomic E-state index is 5.27. The van der Waals surface area contributed by atoms with E-state index in [0.717, 1.165) is 38.1 Å². The second kappa shape index (κ2) is 12.3. The molecule has 0 aromatic rings. The minimum Gasteiger partial charge on any atom is -0.385 e. The van der Waals surface area contributed by atoms with Crippen LogP contribution in [0.4, 0.5) is 0 Å². The van der Waals surface area contributed by atoms with E-state index in [1.165, 1.54) is 58.0 Å². The van der Waals surface area contributed by atoms with Gasteiger partial charge in [-0.05, 0) is 57.4 Å². The summed E-state index contributed by atoms with van der Waals surface area (Å²) >= 11 is 0. The second-order valence-electron chi connectivity index (χ2n) is 7.68. The smallest absolute Gasteiger partial charge is 0.190 e. The molecule has 2 N–H and O–H groups in total. The van der Waals surface area contributed by atoms with E-state index in [1.54, 1.807) is 7.11 Å². The van der Waals surface area contributed by atoms with E-state index in [2.05, 4.69) is 27.4 Å². The van der Waals surface area contributed by atoms with Crippen molar-refractivity contribution in [1.29, 1.82) is 0 Å². The summed E-state index contributed by atoms with van der Waals surface area (Å²) < 4.78 is 5.27. The Labute approximate surface area is 171 Å². The van der Waals surface area contributed by atoms with Crippen LogP contribution in [0.2, 0.25) is 0 Å². The van der Waals surface area contributed by atoms with Crippen LogP contribution in [0.5, 0.6) is 0 Å². The van der Waals surface area contributed by atoms with Crippen molar-refractivity contribution in [3.8, 4) is 0 Å². The predicted octanol–water partition coefficient (Wildman–Crippen LogP) is 3.24. The number of nitrogens with zero attached hydrogens (tertiary/aromatic N) is 2. The van der Waals surface area contributed by atoms with Crippen molar-refractivity contribution in [3.05, 3.63) is 0 Å². The van der Waals surface area contributed by atoms with Gasteiger partial charge >= 0.3 is 0 Å². The Morgan fingerprint density at radius 1 is 1.24 bits per heavy atom. The van der Waals surface area contributed by atoms with Crippen molar-refractivity contribution < 1.29 is 4.74 Å². The quantitative estimate of drug-likeness (QED) is 0.237. The van der Waals surface area contributed by atoms with Gasteiger partial charge in [-0.15, -0.1) is 24.0 Å². The summed E-state index contributed by atoms with van der Waals surface area (Å²) in [5.74, 6) is 0.949. The highest BCUT2D eigenvalue weighted by atomic mass is 127. The number of aliphatic imine (C=N–C) groups is 1. The summed E-state index contributed by atoms with van der Waals surface area (Å²) in [6.45, 7) is 7.71. The summed E-state index contributed by atoms with van der Waals surface area (Å²) in [6.07, 6.45) is 10.4. The van der Waals surface area contributed by atoms with Gasteiger partial charge in [0.15, 0.2) is 5.96 Å². The average Bonchev–Trinajstić information content (AvgIpc) is 2.56. The number of methoxy groups -OCH3 is 1. The standard InChI is InChI=1S/C19H38N4O.HI/c1-17-8-4-5-13-23(17)14-7-12-21-18(20-2)22-16-19(9-6-10-19)11-15-24-3;/h17H,4-16H2,1-3H3,(H2,20,21,22);1H. The topological polar surface area (TPSA) is 48.9 Å². The number of rotatable bonds is 9. The fraction of sp³-hybridized carbons (Fsp3) is 0.947. The van der Waals surface area contributed by atoms with E-state index in [-0.39, 0.29) is 24.0 Å². The molecule has 1 saturated carbocycles. The summed E-state index contributed by atoms with van der Waals surface area (Å²) in [5.41, 5.74) is 0.427. The predicted molar refractivity (Wildman–Crippen MR) is 117 cm³/mol. The molecule has 6 heteroatoms. The van der Waals surface area contributed by atoms with Crippen molar-refractivity contribution in [1.82, 2.24) is 15.5 Å².